The Kier molecular flexibility index (Phi) is 3.92. The molecule has 1 unspecified atom stereocenters. The summed E-state index contributed by atoms with van der Waals surface area (Å²) in [5.41, 5.74) is 3.84. The summed E-state index contributed by atoms with van der Waals surface area (Å²) in [7, 11) is 0. The lowest BCUT2D eigenvalue weighted by Crippen LogP contribution is -2.27. The van der Waals surface area contributed by atoms with E-state index in [-0.39, 0.29) is 5.25 Å². The normalized spacial score (nSPS) is 12.4. The largest absolute Gasteiger partial charge is 0.618 e. The number of thioether (sulfide) groups is 1. The molecule has 0 aliphatic carbocycles. The van der Waals surface area contributed by atoms with E-state index in [1.54, 1.807) is 17.8 Å². The van der Waals surface area contributed by atoms with Crippen LogP contribution in [-0.4, -0.2) is 0 Å². The van der Waals surface area contributed by atoms with Gasteiger partial charge in [0.25, 0.3) is 5.03 Å². The quantitative estimate of drug-likeness (QED) is 0.476. The van der Waals surface area contributed by atoms with Gasteiger partial charge in [0.15, 0.2) is 6.20 Å². The van der Waals surface area contributed by atoms with Crippen LogP contribution in [0.4, 0.5) is 0 Å². The summed E-state index contributed by atoms with van der Waals surface area (Å²) in [4.78, 5) is 0. The van der Waals surface area contributed by atoms with E-state index < -0.39 is 0 Å². The third-order valence-electron chi connectivity index (χ3n) is 2.95. The lowest BCUT2D eigenvalue weighted by molar-refractivity contribution is -0.645. The molecule has 2 aromatic rings. The Bertz CT molecular complexity index is 554. The van der Waals surface area contributed by atoms with Gasteiger partial charge in [0.05, 0.1) is 0 Å². The average Bonchev–Trinajstić information content (AvgIpc) is 2.32. The molecule has 94 valence electrons. The standard InChI is InChI=1S/C15H17NOS/c1-11-7-8-14(12(2)10-11)13(3)18-15-6-4-5-9-16(15)17/h4-10,13H,1-3H3. The van der Waals surface area contributed by atoms with E-state index in [4.69, 9.17) is 0 Å². The van der Waals surface area contributed by atoms with Crippen molar-refractivity contribution in [3.05, 3.63) is 64.5 Å². The number of aromatic nitrogens is 1. The van der Waals surface area contributed by atoms with Crippen LogP contribution in [0.5, 0.6) is 0 Å². The minimum absolute atomic E-state index is 0.271. The number of benzene rings is 1. The molecule has 0 radical (unpaired) electrons. The number of pyridine rings is 1. The fourth-order valence-electron chi connectivity index (χ4n) is 2.03. The average molecular weight is 259 g/mol. The second kappa shape index (κ2) is 5.44. The molecule has 2 nitrogen and oxygen atoms in total. The van der Waals surface area contributed by atoms with Crippen molar-refractivity contribution in [1.82, 2.24) is 0 Å². The molecule has 0 bridgehead atoms. The second-order valence-corrected chi connectivity index (χ2v) is 5.85. The van der Waals surface area contributed by atoms with Gasteiger partial charge in [0.1, 0.15) is 0 Å². The smallest absolute Gasteiger partial charge is 0.251 e. The molecule has 1 atom stereocenters. The third-order valence-corrected chi connectivity index (χ3v) is 4.11. The molecule has 0 saturated carbocycles. The van der Waals surface area contributed by atoms with Crippen LogP contribution in [-0.2, 0) is 0 Å². The minimum Gasteiger partial charge on any atom is -0.618 e. The lowest BCUT2D eigenvalue weighted by Gasteiger charge is -2.14. The third kappa shape index (κ3) is 2.85. The van der Waals surface area contributed by atoms with Gasteiger partial charge in [-0.05, 0) is 49.7 Å². The van der Waals surface area contributed by atoms with Crippen LogP contribution in [0.3, 0.4) is 0 Å². The molecule has 0 fully saturated rings. The van der Waals surface area contributed by atoms with Crippen LogP contribution >= 0.6 is 11.8 Å². The van der Waals surface area contributed by atoms with E-state index in [1.807, 2.05) is 12.1 Å². The Morgan fingerprint density at radius 2 is 1.94 bits per heavy atom. The van der Waals surface area contributed by atoms with Gasteiger partial charge in [-0.1, -0.05) is 23.8 Å². The van der Waals surface area contributed by atoms with Gasteiger partial charge in [-0.2, -0.15) is 4.73 Å². The zero-order valence-electron chi connectivity index (χ0n) is 10.9. The molecule has 0 aliphatic heterocycles. The van der Waals surface area contributed by atoms with Gasteiger partial charge in [-0.25, -0.2) is 0 Å². The molecule has 0 N–H and O–H groups in total. The number of nitrogens with zero attached hydrogens (tertiary/aromatic N) is 1. The molecule has 0 saturated heterocycles. The summed E-state index contributed by atoms with van der Waals surface area (Å²) in [5, 5.41) is 12.6. The van der Waals surface area contributed by atoms with Gasteiger partial charge in [-0.15, -0.1) is 0 Å². The van der Waals surface area contributed by atoms with E-state index in [9.17, 15) is 5.21 Å². The summed E-state index contributed by atoms with van der Waals surface area (Å²) in [5.74, 6) is 0. The highest BCUT2D eigenvalue weighted by Gasteiger charge is 2.14. The Hall–Kier alpha value is -1.48. The van der Waals surface area contributed by atoms with E-state index in [0.29, 0.717) is 0 Å². The molecule has 0 spiro atoms. The molecular weight excluding hydrogens is 242 g/mol. The molecule has 2 rings (SSSR count). The Morgan fingerprint density at radius 3 is 2.61 bits per heavy atom. The van der Waals surface area contributed by atoms with Crippen molar-refractivity contribution in [2.75, 3.05) is 0 Å². The Balaban J connectivity index is 2.22. The van der Waals surface area contributed by atoms with E-state index >= 15 is 0 Å². The molecular formula is C15H17NOS. The van der Waals surface area contributed by atoms with Crippen molar-refractivity contribution >= 4 is 11.8 Å². The number of hydrogen-bond donors (Lipinski definition) is 0. The first-order chi connectivity index (χ1) is 8.58. The predicted octanol–water partition coefficient (Wildman–Crippen LogP) is 3.79. The lowest BCUT2D eigenvalue weighted by atomic mass is 10.0. The maximum atomic E-state index is 11.6. The first-order valence-corrected chi connectivity index (χ1v) is 6.88. The number of hydrogen-bond acceptors (Lipinski definition) is 2. The van der Waals surface area contributed by atoms with Crippen LogP contribution in [0.2, 0.25) is 0 Å². The van der Waals surface area contributed by atoms with Gasteiger partial charge in [0.2, 0.25) is 0 Å². The highest BCUT2D eigenvalue weighted by Crippen LogP contribution is 2.34. The van der Waals surface area contributed by atoms with Crippen LogP contribution < -0.4 is 4.73 Å². The molecule has 0 aliphatic rings. The van der Waals surface area contributed by atoms with E-state index in [2.05, 4.69) is 39.0 Å². The summed E-state index contributed by atoms with van der Waals surface area (Å²) >= 11 is 1.59. The van der Waals surface area contributed by atoms with Crippen molar-refractivity contribution < 1.29 is 4.73 Å². The van der Waals surface area contributed by atoms with Crippen LogP contribution in [0.1, 0.15) is 28.9 Å². The maximum Gasteiger partial charge on any atom is 0.251 e. The monoisotopic (exact) mass is 259 g/mol. The van der Waals surface area contributed by atoms with Crippen LogP contribution in [0, 0.1) is 19.1 Å². The first-order valence-electron chi connectivity index (χ1n) is 6.00. The number of aryl methyl sites for hydroxylation is 2. The molecule has 1 aromatic carbocycles. The fourth-order valence-corrected chi connectivity index (χ4v) is 3.11. The molecule has 0 amide bonds. The highest BCUT2D eigenvalue weighted by molar-refractivity contribution is 7.99. The van der Waals surface area contributed by atoms with Gasteiger partial charge >= 0.3 is 0 Å². The molecule has 3 heteroatoms. The van der Waals surface area contributed by atoms with Crippen molar-refractivity contribution in [3.8, 4) is 0 Å². The van der Waals surface area contributed by atoms with Crippen LogP contribution in [0.25, 0.3) is 0 Å². The topological polar surface area (TPSA) is 26.9 Å². The van der Waals surface area contributed by atoms with Crippen LogP contribution in [0.15, 0.2) is 47.6 Å². The summed E-state index contributed by atoms with van der Waals surface area (Å²) in [6.07, 6.45) is 1.54. The van der Waals surface area contributed by atoms with Crippen molar-refractivity contribution in [1.29, 1.82) is 0 Å². The first kappa shape index (κ1) is 13.0. The van der Waals surface area contributed by atoms with Crippen molar-refractivity contribution in [3.63, 3.8) is 0 Å². The maximum absolute atomic E-state index is 11.6. The predicted molar refractivity (Wildman–Crippen MR) is 75.6 cm³/mol. The molecule has 1 aromatic heterocycles. The van der Waals surface area contributed by atoms with Crippen molar-refractivity contribution in [2.24, 2.45) is 0 Å². The fraction of sp³-hybridized carbons (Fsp3) is 0.267. The Morgan fingerprint density at radius 1 is 1.17 bits per heavy atom. The molecule has 1 heterocycles. The highest BCUT2D eigenvalue weighted by atomic mass is 32.2. The Labute approximate surface area is 112 Å². The SMILES string of the molecule is Cc1ccc(C(C)Sc2cccc[n+]2[O-])c(C)c1. The zero-order chi connectivity index (χ0) is 13.1. The van der Waals surface area contributed by atoms with E-state index in [1.165, 1.54) is 22.9 Å². The zero-order valence-corrected chi connectivity index (χ0v) is 11.7. The summed E-state index contributed by atoms with van der Waals surface area (Å²) in [6.45, 7) is 6.35. The minimum atomic E-state index is 0.271. The summed E-state index contributed by atoms with van der Waals surface area (Å²) in [6, 6.07) is 12.0. The van der Waals surface area contributed by atoms with Crippen molar-refractivity contribution in [2.45, 2.75) is 31.0 Å². The van der Waals surface area contributed by atoms with Gasteiger partial charge in [-0.3, -0.25) is 0 Å². The number of rotatable bonds is 3. The van der Waals surface area contributed by atoms with E-state index in [0.717, 1.165) is 9.76 Å². The second-order valence-electron chi connectivity index (χ2n) is 4.48. The van der Waals surface area contributed by atoms with Gasteiger partial charge < -0.3 is 5.21 Å². The summed E-state index contributed by atoms with van der Waals surface area (Å²) < 4.78 is 0.921. The molecule has 18 heavy (non-hydrogen) atoms. The van der Waals surface area contributed by atoms with Gasteiger partial charge in [0, 0.05) is 17.4 Å².